The molecule has 1 aromatic carbocycles. The standard InChI is InChI=1S/C19H28ClIN2O2/c1-18(2,3)25-17(24)23-19(21,14-8-7-9-15(20)12-14)13-22-16-10-5-4-6-11-16/h7-9,12,16,22H,4-6,10-11,13H2,1-3H3,(H,23,24)/t19-/m1/s1. The van der Waals surface area contributed by atoms with E-state index >= 15 is 0 Å². The van der Waals surface area contributed by atoms with Crippen molar-refractivity contribution >= 4 is 40.3 Å². The first-order chi connectivity index (χ1) is 11.7. The quantitative estimate of drug-likeness (QED) is 0.340. The topological polar surface area (TPSA) is 50.4 Å². The van der Waals surface area contributed by atoms with Crippen molar-refractivity contribution in [2.24, 2.45) is 0 Å². The van der Waals surface area contributed by atoms with E-state index in [0.29, 0.717) is 17.6 Å². The molecule has 1 saturated carbocycles. The Bertz CT molecular complexity index is 585. The first kappa shape index (κ1) is 20.8. The molecule has 2 N–H and O–H groups in total. The summed E-state index contributed by atoms with van der Waals surface area (Å²) in [6.45, 7) is 6.21. The van der Waals surface area contributed by atoms with Crippen LogP contribution in [0.2, 0.25) is 5.02 Å². The Hall–Kier alpha value is -0.530. The summed E-state index contributed by atoms with van der Waals surface area (Å²) in [7, 11) is 0. The number of alkyl halides is 1. The van der Waals surface area contributed by atoms with Crippen molar-refractivity contribution in [2.45, 2.75) is 68.1 Å². The minimum Gasteiger partial charge on any atom is -0.444 e. The molecule has 1 fully saturated rings. The van der Waals surface area contributed by atoms with Gasteiger partial charge in [-0.25, -0.2) is 4.79 Å². The number of rotatable bonds is 5. The zero-order chi connectivity index (χ0) is 18.5. The third kappa shape index (κ3) is 6.94. The Morgan fingerprint density at radius 1 is 1.28 bits per heavy atom. The molecular weight excluding hydrogens is 451 g/mol. The van der Waals surface area contributed by atoms with Crippen LogP contribution in [0.25, 0.3) is 0 Å². The number of nitrogens with one attached hydrogen (secondary N) is 2. The van der Waals surface area contributed by atoms with Gasteiger partial charge in [0.1, 0.15) is 9.15 Å². The van der Waals surface area contributed by atoms with Gasteiger partial charge in [0.05, 0.1) is 0 Å². The van der Waals surface area contributed by atoms with Crippen molar-refractivity contribution < 1.29 is 9.53 Å². The molecule has 0 aromatic heterocycles. The summed E-state index contributed by atoms with van der Waals surface area (Å²) in [5.41, 5.74) is 0.419. The number of ether oxygens (including phenoxy) is 1. The fraction of sp³-hybridized carbons (Fsp3) is 0.632. The molecule has 1 aliphatic rings. The molecule has 6 heteroatoms. The van der Waals surface area contributed by atoms with E-state index in [4.69, 9.17) is 16.3 Å². The van der Waals surface area contributed by atoms with Crippen LogP contribution in [0.4, 0.5) is 4.79 Å². The van der Waals surface area contributed by atoms with Crippen LogP contribution in [-0.2, 0) is 8.28 Å². The molecule has 1 amide bonds. The summed E-state index contributed by atoms with van der Waals surface area (Å²) < 4.78 is 4.84. The van der Waals surface area contributed by atoms with E-state index in [-0.39, 0.29) is 0 Å². The molecule has 0 saturated heterocycles. The second-order valence-electron chi connectivity index (χ2n) is 7.65. The Kier molecular flexibility index (Phi) is 7.40. The van der Waals surface area contributed by atoms with Crippen LogP contribution in [0, 0.1) is 0 Å². The first-order valence-electron chi connectivity index (χ1n) is 8.87. The van der Waals surface area contributed by atoms with Gasteiger partial charge in [0.15, 0.2) is 0 Å². The van der Waals surface area contributed by atoms with Crippen LogP contribution in [0.3, 0.4) is 0 Å². The molecule has 25 heavy (non-hydrogen) atoms. The smallest absolute Gasteiger partial charge is 0.409 e. The highest BCUT2D eigenvalue weighted by Gasteiger charge is 2.33. The zero-order valence-electron chi connectivity index (χ0n) is 15.2. The van der Waals surface area contributed by atoms with Gasteiger partial charge in [-0.3, -0.25) is 0 Å². The van der Waals surface area contributed by atoms with Gasteiger partial charge in [-0.15, -0.1) is 0 Å². The van der Waals surface area contributed by atoms with Gasteiger partial charge >= 0.3 is 6.09 Å². The van der Waals surface area contributed by atoms with Gasteiger partial charge in [0.25, 0.3) is 0 Å². The maximum absolute atomic E-state index is 12.4. The van der Waals surface area contributed by atoms with Crippen molar-refractivity contribution in [1.82, 2.24) is 10.6 Å². The SMILES string of the molecule is CC(C)(C)OC(=O)N[C@](I)(CNC1CCCCC1)c1cccc(Cl)c1. The number of carbonyl (C=O) groups excluding carboxylic acids is 1. The van der Waals surface area contributed by atoms with E-state index in [1.165, 1.54) is 32.1 Å². The largest absolute Gasteiger partial charge is 0.444 e. The summed E-state index contributed by atoms with van der Waals surface area (Å²) in [5, 5.41) is 7.32. The summed E-state index contributed by atoms with van der Waals surface area (Å²) in [6, 6.07) is 8.13. The molecular formula is C19H28ClIN2O2. The second-order valence-corrected chi connectivity index (χ2v) is 9.93. The molecule has 0 radical (unpaired) electrons. The van der Waals surface area contributed by atoms with E-state index in [1.807, 2.05) is 45.0 Å². The maximum atomic E-state index is 12.4. The monoisotopic (exact) mass is 478 g/mol. The maximum Gasteiger partial charge on any atom is 0.409 e. The predicted molar refractivity (Wildman–Crippen MR) is 111 cm³/mol. The fourth-order valence-electron chi connectivity index (χ4n) is 3.01. The summed E-state index contributed by atoms with van der Waals surface area (Å²) in [5.74, 6) is 0. The van der Waals surface area contributed by atoms with Crippen LogP contribution < -0.4 is 10.6 Å². The molecule has 0 bridgehead atoms. The lowest BCUT2D eigenvalue weighted by Gasteiger charge is -2.33. The predicted octanol–water partition coefficient (Wildman–Crippen LogP) is 5.37. The van der Waals surface area contributed by atoms with Gasteiger partial charge in [-0.05, 0) is 73.9 Å². The highest BCUT2D eigenvalue weighted by atomic mass is 127. The van der Waals surface area contributed by atoms with E-state index in [2.05, 4.69) is 33.2 Å². The van der Waals surface area contributed by atoms with Crippen LogP contribution in [0.1, 0.15) is 58.4 Å². The minimum absolute atomic E-state index is 0.424. The Labute approximate surface area is 169 Å². The Balaban J connectivity index is 2.13. The molecule has 0 heterocycles. The lowest BCUT2D eigenvalue weighted by Crippen LogP contribution is -2.51. The third-order valence-corrected chi connectivity index (χ3v) is 5.73. The summed E-state index contributed by atoms with van der Waals surface area (Å²) >= 11 is 8.46. The van der Waals surface area contributed by atoms with E-state index in [9.17, 15) is 4.79 Å². The number of carbonyl (C=O) groups is 1. The molecule has 0 unspecified atom stereocenters. The van der Waals surface area contributed by atoms with Gasteiger partial charge in [-0.1, -0.05) is 43.0 Å². The van der Waals surface area contributed by atoms with E-state index in [0.717, 1.165) is 5.56 Å². The highest BCUT2D eigenvalue weighted by Crippen LogP contribution is 2.31. The highest BCUT2D eigenvalue weighted by molar-refractivity contribution is 14.1. The van der Waals surface area contributed by atoms with Crippen molar-refractivity contribution in [3.63, 3.8) is 0 Å². The van der Waals surface area contributed by atoms with Crippen molar-refractivity contribution in [1.29, 1.82) is 0 Å². The molecule has 1 aliphatic carbocycles. The Morgan fingerprint density at radius 3 is 2.56 bits per heavy atom. The fourth-order valence-corrected chi connectivity index (χ4v) is 3.98. The molecule has 0 aliphatic heterocycles. The molecule has 4 nitrogen and oxygen atoms in total. The lowest BCUT2D eigenvalue weighted by atomic mass is 9.95. The van der Waals surface area contributed by atoms with E-state index < -0.39 is 15.2 Å². The summed E-state index contributed by atoms with van der Waals surface area (Å²) in [6.07, 6.45) is 5.80. The van der Waals surface area contributed by atoms with E-state index in [1.54, 1.807) is 0 Å². The third-order valence-electron chi connectivity index (χ3n) is 4.22. The van der Waals surface area contributed by atoms with Gasteiger partial charge in [-0.2, -0.15) is 0 Å². The van der Waals surface area contributed by atoms with Crippen molar-refractivity contribution in [2.75, 3.05) is 6.54 Å². The van der Waals surface area contributed by atoms with Crippen LogP contribution in [0.15, 0.2) is 24.3 Å². The number of hydrogen-bond acceptors (Lipinski definition) is 3. The average molecular weight is 479 g/mol. The summed E-state index contributed by atoms with van der Waals surface area (Å²) in [4.78, 5) is 12.4. The number of amides is 1. The van der Waals surface area contributed by atoms with Gasteiger partial charge in [0, 0.05) is 17.6 Å². The van der Waals surface area contributed by atoms with Gasteiger partial charge < -0.3 is 15.4 Å². The average Bonchev–Trinajstić information content (AvgIpc) is 2.52. The minimum atomic E-state index is -0.623. The molecule has 2 rings (SSSR count). The van der Waals surface area contributed by atoms with Crippen LogP contribution in [-0.4, -0.2) is 24.3 Å². The van der Waals surface area contributed by atoms with Crippen molar-refractivity contribution in [3.8, 4) is 0 Å². The lowest BCUT2D eigenvalue weighted by molar-refractivity contribution is 0.0496. The number of halogens is 2. The number of benzene rings is 1. The first-order valence-corrected chi connectivity index (χ1v) is 10.3. The van der Waals surface area contributed by atoms with Crippen LogP contribution >= 0.6 is 34.2 Å². The van der Waals surface area contributed by atoms with Crippen molar-refractivity contribution in [3.05, 3.63) is 34.9 Å². The normalized spacial score (nSPS) is 18.4. The molecule has 1 atom stereocenters. The second kappa shape index (κ2) is 8.91. The van der Waals surface area contributed by atoms with Gasteiger partial charge in [0.2, 0.25) is 0 Å². The number of alkyl carbamates (subject to hydrolysis) is 1. The van der Waals surface area contributed by atoms with Crippen LogP contribution in [0.5, 0.6) is 0 Å². The molecule has 0 spiro atoms. The molecule has 1 aromatic rings. The Morgan fingerprint density at radius 2 is 1.96 bits per heavy atom. The zero-order valence-corrected chi connectivity index (χ0v) is 18.1. The molecule has 140 valence electrons. The number of hydrogen-bond donors (Lipinski definition) is 2.